The van der Waals surface area contributed by atoms with E-state index in [4.69, 9.17) is 38.8 Å². The molecule has 0 radical (unpaired) electrons. The van der Waals surface area contributed by atoms with Crippen molar-refractivity contribution in [3.05, 3.63) is 4.77 Å². The Labute approximate surface area is 257 Å². The summed E-state index contributed by atoms with van der Waals surface area (Å²) < 4.78 is 32.7. The summed E-state index contributed by atoms with van der Waals surface area (Å²) in [5, 5.41) is 3.22. The van der Waals surface area contributed by atoms with Gasteiger partial charge >= 0.3 is 17.6 Å². The zero-order chi connectivity index (χ0) is 30.8. The molecule has 1 aromatic heterocycles. The molecule has 16 heteroatoms. The number of anilines is 2. The highest BCUT2D eigenvalue weighted by Gasteiger charge is 2.37. The van der Waals surface area contributed by atoms with E-state index in [2.05, 4.69) is 66.7 Å². The second kappa shape index (κ2) is 21.4. The van der Waals surface area contributed by atoms with Gasteiger partial charge in [0.15, 0.2) is 0 Å². The Kier molecular flexibility index (Phi) is 21.3. The highest BCUT2D eigenvalue weighted by molar-refractivity contribution is 8.76. The Morgan fingerprint density at radius 1 is 0.750 bits per heavy atom. The highest BCUT2D eigenvalue weighted by atomic mass is 33.1. The maximum atomic E-state index is 5.40. The van der Waals surface area contributed by atoms with E-state index in [9.17, 15) is 0 Å². The van der Waals surface area contributed by atoms with Crippen molar-refractivity contribution >= 4 is 63.3 Å². The average Bonchev–Trinajstić information content (AvgIpc) is 2.90. The number of aromatic nitrogens is 3. The number of hydrogen-bond donors (Lipinski definition) is 2. The van der Waals surface area contributed by atoms with Gasteiger partial charge in [0, 0.05) is 84.4 Å². The molecule has 0 bridgehead atoms. The first-order valence-corrected chi connectivity index (χ1v) is 20.2. The quantitative estimate of drug-likeness (QED) is 0.0753. The minimum atomic E-state index is -2.40. The summed E-state index contributed by atoms with van der Waals surface area (Å²) >= 11 is 5.12. The lowest BCUT2D eigenvalue weighted by atomic mass is 10.2. The molecule has 0 aliphatic carbocycles. The summed E-state index contributed by atoms with van der Waals surface area (Å²) in [5.41, 5.74) is 0. The lowest BCUT2D eigenvalue weighted by molar-refractivity contribution is 0.123. The summed E-state index contributed by atoms with van der Waals surface area (Å²) in [6, 6.07) is 2.67. The van der Waals surface area contributed by atoms with Crippen molar-refractivity contribution in [3.8, 4) is 0 Å². The smallest absolute Gasteiger partial charge is 0.377 e. The predicted octanol–water partition coefficient (Wildman–Crippen LogP) is 5.88. The van der Waals surface area contributed by atoms with Crippen LogP contribution >= 0.6 is 33.8 Å². The fourth-order valence-corrected chi connectivity index (χ4v) is 10.2. The first-order valence-electron chi connectivity index (χ1n) is 13.5. The standard InChI is InChI=1S/C12H23N5S.C12H30O6S2Si2/c1-7(2)13-10-14-11(16-12(18)15-10)17(8(3)4)9(5)6;1-13-21(14-2,15-3)11-7-9-19-20-10-8-12-22(16-4,17-5)18-6/h7-9H,1-6H3,(H2,13,14,15,16,18);7-12H2,1-6H3. The molecule has 236 valence electrons. The topological polar surface area (TPSA) is 112 Å². The van der Waals surface area contributed by atoms with Gasteiger partial charge in [0.2, 0.25) is 16.7 Å². The molecule has 0 amide bonds. The van der Waals surface area contributed by atoms with E-state index >= 15 is 0 Å². The second-order valence-electron chi connectivity index (χ2n) is 9.64. The van der Waals surface area contributed by atoms with Crippen molar-refractivity contribution in [2.45, 2.75) is 84.6 Å². The molecule has 0 spiro atoms. The van der Waals surface area contributed by atoms with Gasteiger partial charge in [0.1, 0.15) is 0 Å². The third-order valence-corrected chi connectivity index (χ3v) is 14.2. The van der Waals surface area contributed by atoms with E-state index in [1.807, 2.05) is 21.6 Å². The van der Waals surface area contributed by atoms with E-state index in [0.29, 0.717) is 28.8 Å². The number of hydrogen-bond acceptors (Lipinski definition) is 13. The Bertz CT molecular complexity index is 799. The molecule has 0 atom stereocenters. The molecule has 2 N–H and O–H groups in total. The molecule has 1 heterocycles. The molecule has 0 saturated carbocycles. The molecule has 0 fully saturated rings. The van der Waals surface area contributed by atoms with Gasteiger partial charge in [-0.3, -0.25) is 4.98 Å². The van der Waals surface area contributed by atoms with E-state index in [1.54, 1.807) is 42.7 Å². The Morgan fingerprint density at radius 2 is 1.15 bits per heavy atom. The summed E-state index contributed by atoms with van der Waals surface area (Å²) in [7, 11) is 8.84. The number of H-pyrrole nitrogens is 1. The van der Waals surface area contributed by atoms with Crippen LogP contribution in [-0.4, -0.2) is 105 Å². The van der Waals surface area contributed by atoms with Crippen LogP contribution in [0, 0.1) is 4.77 Å². The molecule has 11 nitrogen and oxygen atoms in total. The van der Waals surface area contributed by atoms with Gasteiger partial charge in [-0.15, -0.1) is 0 Å². The molecule has 0 aliphatic heterocycles. The fourth-order valence-electron chi connectivity index (χ4n) is 3.85. The Hall–Kier alpha value is -0.276. The van der Waals surface area contributed by atoms with Crippen LogP contribution in [0.3, 0.4) is 0 Å². The Balaban J connectivity index is 0.000000774. The lowest BCUT2D eigenvalue weighted by Crippen LogP contribution is -2.42. The largest absolute Gasteiger partial charge is 0.500 e. The number of rotatable bonds is 20. The minimum Gasteiger partial charge on any atom is -0.377 e. The van der Waals surface area contributed by atoms with Crippen molar-refractivity contribution in [2.24, 2.45) is 0 Å². The zero-order valence-corrected chi connectivity index (χ0v) is 30.9. The summed E-state index contributed by atoms with van der Waals surface area (Å²) in [5.74, 6) is 3.54. The molecular formula is C24H53N5O6S3Si2. The van der Waals surface area contributed by atoms with Gasteiger partial charge in [-0.25, -0.2) is 0 Å². The van der Waals surface area contributed by atoms with Crippen LogP contribution in [0.1, 0.15) is 54.4 Å². The molecule has 40 heavy (non-hydrogen) atoms. The number of nitrogens with zero attached hydrogens (tertiary/aromatic N) is 3. The molecule has 0 aliphatic rings. The monoisotopic (exact) mass is 659 g/mol. The molecule has 1 rings (SSSR count). The van der Waals surface area contributed by atoms with Crippen molar-refractivity contribution in [1.82, 2.24) is 15.0 Å². The van der Waals surface area contributed by atoms with Crippen LogP contribution in [0.4, 0.5) is 11.9 Å². The first-order chi connectivity index (χ1) is 18.9. The van der Waals surface area contributed by atoms with E-state index < -0.39 is 17.6 Å². The van der Waals surface area contributed by atoms with Crippen LogP contribution in [-0.2, 0) is 26.6 Å². The van der Waals surface area contributed by atoms with Crippen molar-refractivity contribution in [2.75, 3.05) is 64.4 Å². The van der Waals surface area contributed by atoms with Gasteiger partial charge < -0.3 is 36.8 Å². The van der Waals surface area contributed by atoms with Crippen LogP contribution in [0.5, 0.6) is 0 Å². The van der Waals surface area contributed by atoms with E-state index in [1.165, 1.54) is 0 Å². The highest BCUT2D eigenvalue weighted by Crippen LogP contribution is 2.27. The second-order valence-corrected chi connectivity index (χ2v) is 18.9. The maximum Gasteiger partial charge on any atom is 0.500 e. The van der Waals surface area contributed by atoms with E-state index in [-0.39, 0.29) is 0 Å². The number of nitrogens with one attached hydrogen (secondary N) is 2. The number of aromatic amines is 1. The fraction of sp³-hybridized carbons (Fsp3) is 0.875. The Morgan fingerprint density at radius 3 is 1.48 bits per heavy atom. The van der Waals surface area contributed by atoms with Crippen LogP contribution in [0.25, 0.3) is 0 Å². The minimum absolute atomic E-state index is 0.296. The van der Waals surface area contributed by atoms with Crippen LogP contribution in [0.15, 0.2) is 0 Å². The third kappa shape index (κ3) is 14.8. The van der Waals surface area contributed by atoms with Gasteiger partial charge in [0.05, 0.1) is 0 Å². The van der Waals surface area contributed by atoms with Crippen molar-refractivity contribution < 1.29 is 26.6 Å². The molecule has 0 saturated heterocycles. The summed E-state index contributed by atoms with van der Waals surface area (Å²) in [4.78, 5) is 13.9. The normalized spacial score (nSPS) is 12.2. The van der Waals surface area contributed by atoms with Crippen LogP contribution < -0.4 is 10.2 Å². The SMILES string of the molecule is CC(C)Nc1nc(=S)nc(N(C(C)C)C(C)C)[nH]1.CO[Si](CCCSSCCC[Si](OC)(OC)OC)(OC)OC. The molecular weight excluding hydrogens is 607 g/mol. The molecule has 0 aromatic carbocycles. The third-order valence-electron chi connectivity index (χ3n) is 5.79. The van der Waals surface area contributed by atoms with Crippen LogP contribution in [0.2, 0.25) is 12.1 Å². The van der Waals surface area contributed by atoms with Crippen molar-refractivity contribution in [1.29, 1.82) is 0 Å². The average molecular weight is 660 g/mol. The van der Waals surface area contributed by atoms with Gasteiger partial charge in [0.25, 0.3) is 0 Å². The van der Waals surface area contributed by atoms with Crippen molar-refractivity contribution in [3.63, 3.8) is 0 Å². The van der Waals surface area contributed by atoms with Gasteiger partial charge in [-0.2, -0.15) is 9.97 Å². The maximum absolute atomic E-state index is 5.40. The first kappa shape index (κ1) is 39.7. The summed E-state index contributed by atoms with van der Waals surface area (Å²) in [6.45, 7) is 12.6. The molecule has 0 unspecified atom stereocenters. The van der Waals surface area contributed by atoms with Gasteiger partial charge in [-0.05, 0) is 66.6 Å². The van der Waals surface area contributed by atoms with E-state index in [0.717, 1.165) is 42.4 Å². The lowest BCUT2D eigenvalue weighted by Gasteiger charge is -2.31. The zero-order valence-electron chi connectivity index (χ0n) is 26.5. The van der Waals surface area contributed by atoms with Gasteiger partial charge in [-0.1, -0.05) is 21.6 Å². The molecule has 1 aromatic rings. The predicted molar refractivity (Wildman–Crippen MR) is 176 cm³/mol. The summed E-state index contributed by atoms with van der Waals surface area (Å²) in [6.07, 6.45) is 2.04.